The first kappa shape index (κ1) is 13.2. The van der Waals surface area contributed by atoms with Gasteiger partial charge in [-0.15, -0.1) is 5.10 Å². The summed E-state index contributed by atoms with van der Waals surface area (Å²) < 4.78 is 26.5. The Hall–Kier alpha value is -1.21. The first-order valence-corrected chi connectivity index (χ1v) is 7.75. The van der Waals surface area contributed by atoms with Crippen molar-refractivity contribution in [1.82, 2.24) is 15.0 Å². The molecular weight excluding hydrogens is 318 g/mol. The minimum Gasteiger partial charge on any atom is -0.255 e. The summed E-state index contributed by atoms with van der Waals surface area (Å²) in [6, 6.07) is 6.70. The summed E-state index contributed by atoms with van der Waals surface area (Å²) in [5, 5.41) is 7.64. The first-order chi connectivity index (χ1) is 8.47. The average molecular weight is 330 g/mol. The zero-order valence-electron chi connectivity index (χ0n) is 9.75. The lowest BCUT2D eigenvalue weighted by molar-refractivity contribution is 0.595. The van der Waals surface area contributed by atoms with E-state index in [1.807, 2.05) is 0 Å². The molecule has 1 aromatic carbocycles. The summed E-state index contributed by atoms with van der Waals surface area (Å²) in [5.74, 6) is 0.0299. The predicted molar refractivity (Wildman–Crippen MR) is 70.9 cm³/mol. The van der Waals surface area contributed by atoms with Gasteiger partial charge in [0.15, 0.2) is 9.84 Å². The molecule has 0 aliphatic heterocycles. The molecule has 96 valence electrons. The maximum absolute atomic E-state index is 12.1. The first-order valence-electron chi connectivity index (χ1n) is 5.31. The number of aromatic nitrogens is 3. The molecule has 0 spiro atoms. The number of benzene rings is 1. The van der Waals surface area contributed by atoms with Crippen LogP contribution < -0.4 is 0 Å². The molecule has 7 heteroatoms. The fourth-order valence-corrected chi connectivity index (χ4v) is 3.38. The molecule has 0 saturated heterocycles. The highest BCUT2D eigenvalue weighted by Crippen LogP contribution is 2.17. The number of hydrogen-bond acceptors (Lipinski definition) is 4. The zero-order chi connectivity index (χ0) is 13.2. The van der Waals surface area contributed by atoms with Gasteiger partial charge in [-0.3, -0.25) is 4.68 Å². The van der Waals surface area contributed by atoms with Crippen molar-refractivity contribution >= 4 is 25.8 Å². The Labute approximate surface area is 114 Å². The topological polar surface area (TPSA) is 64.8 Å². The number of hydrogen-bond donors (Lipinski definition) is 0. The van der Waals surface area contributed by atoms with E-state index >= 15 is 0 Å². The number of halogens is 1. The number of rotatable bonds is 4. The highest BCUT2D eigenvalue weighted by molar-refractivity contribution is 9.10. The minimum atomic E-state index is -3.28. The largest absolute Gasteiger partial charge is 0.255 e. The second-order valence-corrected chi connectivity index (χ2v) is 6.93. The summed E-state index contributed by atoms with van der Waals surface area (Å²) in [7, 11) is -1.53. The number of nitrogens with zero attached hydrogens (tertiary/aromatic N) is 3. The molecule has 0 amide bonds. The van der Waals surface area contributed by atoms with E-state index in [9.17, 15) is 8.42 Å². The van der Waals surface area contributed by atoms with Gasteiger partial charge in [-0.1, -0.05) is 27.2 Å². The molecular formula is C11H12BrN3O2S. The van der Waals surface area contributed by atoms with Gasteiger partial charge in [0, 0.05) is 24.1 Å². The SMILES string of the molecule is Cn1cc(CCS(=O)(=O)c2cccc(Br)c2)nn1. The van der Waals surface area contributed by atoms with E-state index in [0.717, 1.165) is 4.47 Å². The third-order valence-corrected chi connectivity index (χ3v) is 4.64. The van der Waals surface area contributed by atoms with Crippen molar-refractivity contribution < 1.29 is 8.42 Å². The minimum absolute atomic E-state index is 0.0299. The fourth-order valence-electron chi connectivity index (χ4n) is 1.53. The van der Waals surface area contributed by atoms with Crippen LogP contribution in [0.1, 0.15) is 5.69 Å². The molecule has 0 saturated carbocycles. The fraction of sp³-hybridized carbons (Fsp3) is 0.273. The van der Waals surface area contributed by atoms with Gasteiger partial charge in [-0.05, 0) is 18.2 Å². The monoisotopic (exact) mass is 329 g/mol. The lowest BCUT2D eigenvalue weighted by Gasteiger charge is -2.03. The number of aryl methyl sites for hydroxylation is 2. The van der Waals surface area contributed by atoms with Crippen molar-refractivity contribution in [3.8, 4) is 0 Å². The highest BCUT2D eigenvalue weighted by Gasteiger charge is 2.15. The van der Waals surface area contributed by atoms with Crippen molar-refractivity contribution in [2.45, 2.75) is 11.3 Å². The smallest absolute Gasteiger partial charge is 0.178 e. The molecule has 0 aliphatic rings. The molecule has 5 nitrogen and oxygen atoms in total. The highest BCUT2D eigenvalue weighted by atomic mass is 79.9. The van der Waals surface area contributed by atoms with Crippen LogP contribution in [0.3, 0.4) is 0 Å². The van der Waals surface area contributed by atoms with Crippen LogP contribution in [0.2, 0.25) is 0 Å². The Morgan fingerprint density at radius 1 is 1.39 bits per heavy atom. The van der Waals surface area contributed by atoms with Gasteiger partial charge in [0.2, 0.25) is 0 Å². The van der Waals surface area contributed by atoms with E-state index in [0.29, 0.717) is 17.0 Å². The standard InChI is InChI=1S/C11H12BrN3O2S/c1-15-8-10(13-14-15)5-6-18(16,17)11-4-2-3-9(12)7-11/h2-4,7-8H,5-6H2,1H3. The van der Waals surface area contributed by atoms with Gasteiger partial charge in [0.25, 0.3) is 0 Å². The molecule has 0 atom stereocenters. The third-order valence-electron chi connectivity index (χ3n) is 2.43. The summed E-state index contributed by atoms with van der Waals surface area (Å²) in [4.78, 5) is 0.320. The molecule has 1 heterocycles. The quantitative estimate of drug-likeness (QED) is 0.854. The maximum Gasteiger partial charge on any atom is 0.178 e. The predicted octanol–water partition coefficient (Wildman–Crippen LogP) is 1.59. The normalized spacial score (nSPS) is 11.7. The van der Waals surface area contributed by atoms with Crippen LogP contribution in [0.4, 0.5) is 0 Å². The van der Waals surface area contributed by atoms with Crippen molar-refractivity contribution in [1.29, 1.82) is 0 Å². The zero-order valence-corrected chi connectivity index (χ0v) is 12.1. The summed E-state index contributed by atoms with van der Waals surface area (Å²) in [5.41, 5.74) is 0.677. The van der Waals surface area contributed by atoms with Crippen molar-refractivity contribution in [3.05, 3.63) is 40.6 Å². The van der Waals surface area contributed by atoms with Gasteiger partial charge < -0.3 is 0 Å². The van der Waals surface area contributed by atoms with E-state index in [1.54, 1.807) is 42.2 Å². The van der Waals surface area contributed by atoms with E-state index < -0.39 is 9.84 Å². The lowest BCUT2D eigenvalue weighted by Crippen LogP contribution is -2.09. The molecule has 0 bridgehead atoms. The van der Waals surface area contributed by atoms with Gasteiger partial charge in [0.1, 0.15) is 0 Å². The van der Waals surface area contributed by atoms with Crippen molar-refractivity contribution in [3.63, 3.8) is 0 Å². The third kappa shape index (κ3) is 3.17. The molecule has 2 rings (SSSR count). The molecule has 0 aliphatic carbocycles. The van der Waals surface area contributed by atoms with Gasteiger partial charge >= 0.3 is 0 Å². The summed E-state index contributed by atoms with van der Waals surface area (Å²) >= 11 is 3.26. The second-order valence-electron chi connectivity index (χ2n) is 3.91. The Bertz CT molecular complexity index is 652. The van der Waals surface area contributed by atoms with E-state index in [-0.39, 0.29) is 5.75 Å². The molecule has 0 N–H and O–H groups in total. The van der Waals surface area contributed by atoms with Crippen LogP contribution in [0.15, 0.2) is 39.8 Å². The van der Waals surface area contributed by atoms with Gasteiger partial charge in [-0.25, -0.2) is 8.42 Å². The second kappa shape index (κ2) is 5.19. The van der Waals surface area contributed by atoms with Gasteiger partial charge in [-0.2, -0.15) is 0 Å². The molecule has 2 aromatic rings. The molecule has 0 unspecified atom stereocenters. The molecule has 0 fully saturated rings. The lowest BCUT2D eigenvalue weighted by atomic mass is 10.4. The number of sulfone groups is 1. The average Bonchev–Trinajstić information content (AvgIpc) is 2.73. The Balaban J connectivity index is 2.13. The van der Waals surface area contributed by atoms with Crippen LogP contribution in [-0.2, 0) is 23.3 Å². The molecule has 18 heavy (non-hydrogen) atoms. The van der Waals surface area contributed by atoms with Crippen molar-refractivity contribution in [2.75, 3.05) is 5.75 Å². The van der Waals surface area contributed by atoms with Crippen LogP contribution in [-0.4, -0.2) is 29.2 Å². The molecule has 1 aromatic heterocycles. The Kier molecular flexibility index (Phi) is 3.82. The van der Waals surface area contributed by atoms with Crippen LogP contribution in [0.25, 0.3) is 0 Å². The van der Waals surface area contributed by atoms with E-state index in [1.165, 1.54) is 0 Å². The van der Waals surface area contributed by atoms with E-state index in [2.05, 4.69) is 26.2 Å². The Morgan fingerprint density at radius 2 is 2.17 bits per heavy atom. The van der Waals surface area contributed by atoms with Crippen molar-refractivity contribution in [2.24, 2.45) is 7.05 Å². The summed E-state index contributed by atoms with van der Waals surface area (Å²) in [6.45, 7) is 0. The van der Waals surface area contributed by atoms with Crippen LogP contribution >= 0.6 is 15.9 Å². The summed E-state index contributed by atoms with van der Waals surface area (Å²) in [6.07, 6.45) is 2.08. The van der Waals surface area contributed by atoms with Crippen LogP contribution in [0, 0.1) is 0 Å². The van der Waals surface area contributed by atoms with E-state index in [4.69, 9.17) is 0 Å². The Morgan fingerprint density at radius 3 is 2.78 bits per heavy atom. The van der Waals surface area contributed by atoms with Crippen LogP contribution in [0.5, 0.6) is 0 Å². The molecule has 0 radical (unpaired) electrons. The van der Waals surface area contributed by atoms with Gasteiger partial charge in [0.05, 0.1) is 16.3 Å². The maximum atomic E-state index is 12.1.